The number of halogens is 4. The lowest BCUT2D eigenvalue weighted by molar-refractivity contribution is 0.360. The Kier molecular flexibility index (Phi) is 6.94. The summed E-state index contributed by atoms with van der Waals surface area (Å²) in [5.41, 5.74) is 1.75. The lowest BCUT2D eigenvalue weighted by atomic mass is 10.0. The van der Waals surface area contributed by atoms with Gasteiger partial charge in [0.2, 0.25) is 0 Å². The molecule has 2 aromatic rings. The molecule has 0 bridgehead atoms. The highest BCUT2D eigenvalue weighted by Gasteiger charge is 2.12. The molecule has 2 rings (SSSR count). The molecule has 2 nitrogen and oxygen atoms in total. The largest absolute Gasteiger partial charge is 0.488 e. The number of hydrogen-bond acceptors (Lipinski definition) is 2. The molecule has 24 heavy (non-hydrogen) atoms. The standard InChI is InChI=1S/C18H11Br2Cl2NO/c1-2-5-24-18-11(7-13(19)8-16(18)20)6-12(10-23)15-4-3-14(21)9-17(15)22/h2-4,6-9H,1,5H2/b12-6+. The number of benzene rings is 2. The molecule has 0 amide bonds. The molecular weight excluding hydrogens is 477 g/mol. The molecular formula is C18H11Br2Cl2NO. The summed E-state index contributed by atoms with van der Waals surface area (Å²) in [7, 11) is 0. The average Bonchev–Trinajstić information content (AvgIpc) is 2.52. The second-order valence-corrected chi connectivity index (χ2v) is 7.31. The van der Waals surface area contributed by atoms with E-state index in [9.17, 15) is 5.26 Å². The summed E-state index contributed by atoms with van der Waals surface area (Å²) in [5.74, 6) is 0.621. The van der Waals surface area contributed by atoms with Crippen LogP contribution in [0.4, 0.5) is 0 Å². The van der Waals surface area contributed by atoms with Gasteiger partial charge in [-0.1, -0.05) is 57.9 Å². The fourth-order valence-electron chi connectivity index (χ4n) is 2.02. The van der Waals surface area contributed by atoms with Gasteiger partial charge in [-0.2, -0.15) is 5.26 Å². The summed E-state index contributed by atoms with van der Waals surface area (Å²) in [6.07, 6.45) is 3.38. The third-order valence-electron chi connectivity index (χ3n) is 3.02. The van der Waals surface area contributed by atoms with Crippen LogP contribution in [0.2, 0.25) is 10.0 Å². The van der Waals surface area contributed by atoms with Crippen LogP contribution in [0.25, 0.3) is 11.6 Å². The first kappa shape index (κ1) is 19.1. The Morgan fingerprint density at radius 3 is 2.62 bits per heavy atom. The van der Waals surface area contributed by atoms with Gasteiger partial charge >= 0.3 is 0 Å². The van der Waals surface area contributed by atoms with Gasteiger partial charge in [0.1, 0.15) is 12.4 Å². The maximum Gasteiger partial charge on any atom is 0.141 e. The van der Waals surface area contributed by atoms with E-state index in [4.69, 9.17) is 27.9 Å². The van der Waals surface area contributed by atoms with Gasteiger partial charge in [0.05, 0.1) is 21.1 Å². The number of nitriles is 1. The van der Waals surface area contributed by atoms with Crippen LogP contribution < -0.4 is 4.74 Å². The zero-order valence-electron chi connectivity index (χ0n) is 12.3. The molecule has 0 N–H and O–H groups in total. The molecule has 0 spiro atoms. The van der Waals surface area contributed by atoms with Crippen LogP contribution in [0.1, 0.15) is 11.1 Å². The normalized spacial score (nSPS) is 11.0. The summed E-state index contributed by atoms with van der Waals surface area (Å²) in [4.78, 5) is 0. The number of rotatable bonds is 5. The van der Waals surface area contributed by atoms with Gasteiger partial charge < -0.3 is 4.74 Å². The van der Waals surface area contributed by atoms with E-state index in [0.717, 1.165) is 14.5 Å². The molecule has 0 unspecified atom stereocenters. The Bertz CT molecular complexity index is 857. The molecule has 2 aromatic carbocycles. The van der Waals surface area contributed by atoms with Crippen molar-refractivity contribution in [1.82, 2.24) is 0 Å². The average molecular weight is 488 g/mol. The Labute approximate surface area is 167 Å². The third kappa shape index (κ3) is 4.64. The zero-order valence-corrected chi connectivity index (χ0v) is 17.0. The minimum absolute atomic E-state index is 0.352. The predicted octanol–water partition coefficient (Wildman–Crippen LogP) is 7.15. The monoisotopic (exact) mass is 485 g/mol. The Hall–Kier alpha value is -1.25. The third-order valence-corrected chi connectivity index (χ3v) is 4.62. The first-order valence-corrected chi connectivity index (χ1v) is 9.10. The highest BCUT2D eigenvalue weighted by atomic mass is 79.9. The van der Waals surface area contributed by atoms with Crippen molar-refractivity contribution in [3.05, 3.63) is 73.1 Å². The molecule has 0 aromatic heterocycles. The topological polar surface area (TPSA) is 33.0 Å². The Morgan fingerprint density at radius 1 is 1.25 bits per heavy atom. The van der Waals surface area contributed by atoms with E-state index in [2.05, 4.69) is 44.5 Å². The van der Waals surface area contributed by atoms with Crippen molar-refractivity contribution in [2.45, 2.75) is 0 Å². The van der Waals surface area contributed by atoms with E-state index in [1.807, 2.05) is 12.1 Å². The quantitative estimate of drug-likeness (QED) is 0.255. The van der Waals surface area contributed by atoms with Crippen LogP contribution in [0.15, 0.2) is 51.9 Å². The number of ether oxygens (including phenoxy) is 1. The van der Waals surface area contributed by atoms with E-state index in [1.54, 1.807) is 30.4 Å². The van der Waals surface area contributed by atoms with E-state index in [-0.39, 0.29) is 0 Å². The SMILES string of the molecule is C=CCOc1c(Br)cc(Br)cc1/C=C(\C#N)c1ccc(Cl)cc1Cl. The van der Waals surface area contributed by atoms with Gasteiger partial charge in [-0.25, -0.2) is 0 Å². The lowest BCUT2D eigenvalue weighted by Gasteiger charge is -2.11. The first-order valence-electron chi connectivity index (χ1n) is 6.76. The van der Waals surface area contributed by atoms with Crippen molar-refractivity contribution in [3.63, 3.8) is 0 Å². The maximum absolute atomic E-state index is 9.55. The molecule has 0 aliphatic rings. The van der Waals surface area contributed by atoms with Crippen LogP contribution in [-0.4, -0.2) is 6.61 Å². The van der Waals surface area contributed by atoms with Crippen LogP contribution in [0.5, 0.6) is 5.75 Å². The second kappa shape index (κ2) is 8.73. The fourth-order valence-corrected chi connectivity index (χ4v) is 3.90. The van der Waals surface area contributed by atoms with Crippen molar-refractivity contribution in [2.75, 3.05) is 6.61 Å². The molecule has 122 valence electrons. The van der Waals surface area contributed by atoms with Crippen molar-refractivity contribution in [2.24, 2.45) is 0 Å². The minimum Gasteiger partial charge on any atom is -0.488 e. The van der Waals surface area contributed by atoms with Crippen molar-refractivity contribution >= 4 is 66.7 Å². The number of nitrogens with zero attached hydrogens (tertiary/aromatic N) is 1. The summed E-state index contributed by atoms with van der Waals surface area (Å²) in [5, 5.41) is 10.5. The summed E-state index contributed by atoms with van der Waals surface area (Å²) in [6.45, 7) is 4.00. The molecule has 0 atom stereocenters. The first-order chi connectivity index (χ1) is 11.5. The van der Waals surface area contributed by atoms with E-state index in [1.165, 1.54) is 0 Å². The molecule has 0 aliphatic carbocycles. The highest BCUT2D eigenvalue weighted by Crippen LogP contribution is 2.36. The zero-order chi connectivity index (χ0) is 17.7. The van der Waals surface area contributed by atoms with Crippen molar-refractivity contribution < 1.29 is 4.74 Å². The summed E-state index contributed by atoms with van der Waals surface area (Å²) in [6, 6.07) is 10.9. The van der Waals surface area contributed by atoms with Crippen LogP contribution in [0, 0.1) is 11.3 Å². The van der Waals surface area contributed by atoms with E-state index < -0.39 is 0 Å². The smallest absolute Gasteiger partial charge is 0.141 e. The van der Waals surface area contributed by atoms with Gasteiger partial charge in [0, 0.05) is 20.6 Å². The van der Waals surface area contributed by atoms with Crippen LogP contribution in [0.3, 0.4) is 0 Å². The minimum atomic E-state index is 0.352. The molecule has 0 heterocycles. The molecule has 0 saturated heterocycles. The molecule has 6 heteroatoms. The van der Waals surface area contributed by atoms with Crippen molar-refractivity contribution in [1.29, 1.82) is 5.26 Å². The molecule has 0 radical (unpaired) electrons. The van der Waals surface area contributed by atoms with Gasteiger partial charge in [-0.3, -0.25) is 0 Å². The maximum atomic E-state index is 9.55. The Morgan fingerprint density at radius 2 is 2.00 bits per heavy atom. The van der Waals surface area contributed by atoms with Gasteiger partial charge in [0.25, 0.3) is 0 Å². The molecule has 0 saturated carbocycles. The van der Waals surface area contributed by atoms with Gasteiger partial charge in [-0.15, -0.1) is 0 Å². The highest BCUT2D eigenvalue weighted by molar-refractivity contribution is 9.11. The van der Waals surface area contributed by atoms with Gasteiger partial charge in [-0.05, 0) is 46.3 Å². The fraction of sp³-hybridized carbons (Fsp3) is 0.0556. The molecule has 0 fully saturated rings. The Balaban J connectivity index is 2.58. The summed E-state index contributed by atoms with van der Waals surface area (Å²) >= 11 is 19.1. The summed E-state index contributed by atoms with van der Waals surface area (Å²) < 4.78 is 7.33. The number of allylic oxidation sites excluding steroid dienone is 1. The predicted molar refractivity (Wildman–Crippen MR) is 107 cm³/mol. The van der Waals surface area contributed by atoms with Crippen LogP contribution >= 0.6 is 55.1 Å². The van der Waals surface area contributed by atoms with E-state index >= 15 is 0 Å². The van der Waals surface area contributed by atoms with E-state index in [0.29, 0.717) is 33.5 Å². The lowest BCUT2D eigenvalue weighted by Crippen LogP contribution is -1.97. The van der Waals surface area contributed by atoms with Crippen LogP contribution in [-0.2, 0) is 0 Å². The van der Waals surface area contributed by atoms with Gasteiger partial charge in [0.15, 0.2) is 0 Å². The number of hydrogen-bond donors (Lipinski definition) is 0. The molecule has 0 aliphatic heterocycles. The van der Waals surface area contributed by atoms with Crippen molar-refractivity contribution in [3.8, 4) is 11.8 Å². The second-order valence-electron chi connectivity index (χ2n) is 4.70.